The zero-order valence-corrected chi connectivity index (χ0v) is 14.5. The molecule has 1 amide bonds. The molecule has 0 unspecified atom stereocenters. The van der Waals surface area contributed by atoms with E-state index in [1.54, 1.807) is 12.3 Å². The molecule has 25 heavy (non-hydrogen) atoms. The van der Waals surface area contributed by atoms with E-state index in [0.717, 1.165) is 21.1 Å². The van der Waals surface area contributed by atoms with Crippen molar-refractivity contribution in [3.8, 4) is 11.5 Å². The highest BCUT2D eigenvalue weighted by Crippen LogP contribution is 2.25. The van der Waals surface area contributed by atoms with Crippen LogP contribution in [0.1, 0.15) is 10.4 Å². The summed E-state index contributed by atoms with van der Waals surface area (Å²) in [5, 5.41) is 2.84. The summed E-state index contributed by atoms with van der Waals surface area (Å²) in [5.41, 5.74) is 3.58. The van der Waals surface area contributed by atoms with Crippen molar-refractivity contribution < 1.29 is 9.21 Å². The molecule has 5 nitrogen and oxygen atoms in total. The lowest BCUT2D eigenvalue weighted by Gasteiger charge is -2.05. The van der Waals surface area contributed by atoms with E-state index in [2.05, 4.69) is 31.2 Å². The smallest absolute Gasteiger partial charge is 0.257 e. The molecular formula is C19H12BrN3O2. The topological polar surface area (TPSA) is 68.0 Å². The molecule has 2 heterocycles. The predicted molar refractivity (Wildman–Crippen MR) is 99.3 cm³/mol. The van der Waals surface area contributed by atoms with Crippen LogP contribution in [0, 0.1) is 0 Å². The van der Waals surface area contributed by atoms with Gasteiger partial charge in [-0.1, -0.05) is 12.1 Å². The number of fused-ring (bicyclic) bond motifs is 1. The van der Waals surface area contributed by atoms with E-state index in [-0.39, 0.29) is 5.91 Å². The van der Waals surface area contributed by atoms with Gasteiger partial charge in [-0.05, 0) is 58.4 Å². The van der Waals surface area contributed by atoms with E-state index in [1.807, 2.05) is 48.5 Å². The van der Waals surface area contributed by atoms with Crippen LogP contribution in [0.2, 0.25) is 0 Å². The largest absolute Gasteiger partial charge is 0.436 e. The maximum absolute atomic E-state index is 12.2. The minimum absolute atomic E-state index is 0.219. The van der Waals surface area contributed by atoms with Gasteiger partial charge in [0.1, 0.15) is 5.52 Å². The number of carbonyl (C=O) groups excluding carboxylic acids is 1. The van der Waals surface area contributed by atoms with Crippen molar-refractivity contribution in [2.24, 2.45) is 0 Å². The van der Waals surface area contributed by atoms with Crippen molar-refractivity contribution in [3.05, 3.63) is 77.0 Å². The second kappa shape index (κ2) is 6.49. The maximum Gasteiger partial charge on any atom is 0.257 e. The Kier molecular flexibility index (Phi) is 4.03. The number of halogens is 1. The van der Waals surface area contributed by atoms with Crippen LogP contribution < -0.4 is 5.32 Å². The van der Waals surface area contributed by atoms with E-state index in [0.29, 0.717) is 17.1 Å². The van der Waals surface area contributed by atoms with Gasteiger partial charge in [-0.3, -0.25) is 9.78 Å². The van der Waals surface area contributed by atoms with Gasteiger partial charge in [-0.2, -0.15) is 0 Å². The highest BCUT2D eigenvalue weighted by molar-refractivity contribution is 9.10. The van der Waals surface area contributed by atoms with Crippen LogP contribution in [0.3, 0.4) is 0 Å². The third kappa shape index (κ3) is 3.29. The summed E-state index contributed by atoms with van der Waals surface area (Å²) >= 11 is 3.31. The van der Waals surface area contributed by atoms with Crippen LogP contribution in [0.5, 0.6) is 0 Å². The highest BCUT2D eigenvalue weighted by atomic mass is 79.9. The first-order chi connectivity index (χ1) is 12.2. The van der Waals surface area contributed by atoms with Crippen LogP contribution in [-0.2, 0) is 0 Å². The number of amides is 1. The van der Waals surface area contributed by atoms with Crippen LogP contribution in [0.4, 0.5) is 5.69 Å². The molecule has 1 N–H and O–H groups in total. The van der Waals surface area contributed by atoms with Crippen LogP contribution in [-0.4, -0.2) is 15.9 Å². The summed E-state index contributed by atoms with van der Waals surface area (Å²) in [5.74, 6) is 0.332. The standard InChI is InChI=1S/C19H12BrN3O2/c20-14-9-13(10-21-11-14)18(24)22-15-7-5-12(6-8-15)19-23-16-3-1-2-4-17(16)25-19/h1-11H,(H,22,24). The quantitative estimate of drug-likeness (QED) is 0.537. The summed E-state index contributed by atoms with van der Waals surface area (Å²) in [7, 11) is 0. The Bertz CT molecular complexity index is 1020. The van der Waals surface area contributed by atoms with E-state index >= 15 is 0 Å². The van der Waals surface area contributed by atoms with Crippen molar-refractivity contribution in [2.75, 3.05) is 5.32 Å². The third-order valence-electron chi connectivity index (χ3n) is 3.65. The van der Waals surface area contributed by atoms with E-state index in [9.17, 15) is 4.79 Å². The van der Waals surface area contributed by atoms with Crippen molar-refractivity contribution >= 4 is 38.6 Å². The molecule has 0 saturated carbocycles. The zero-order valence-electron chi connectivity index (χ0n) is 12.9. The van der Waals surface area contributed by atoms with E-state index in [1.165, 1.54) is 6.20 Å². The number of nitrogens with one attached hydrogen (secondary N) is 1. The van der Waals surface area contributed by atoms with Gasteiger partial charge in [0.15, 0.2) is 5.58 Å². The maximum atomic E-state index is 12.2. The van der Waals surface area contributed by atoms with Gasteiger partial charge in [0, 0.05) is 28.1 Å². The average molecular weight is 394 g/mol. The molecule has 0 atom stereocenters. The Morgan fingerprint density at radius 1 is 1.04 bits per heavy atom. The molecule has 122 valence electrons. The number of pyridine rings is 1. The van der Waals surface area contributed by atoms with Crippen molar-refractivity contribution in [1.29, 1.82) is 0 Å². The zero-order chi connectivity index (χ0) is 17.2. The summed E-state index contributed by atoms with van der Waals surface area (Å²) in [6.07, 6.45) is 3.15. The van der Waals surface area contributed by atoms with Crippen LogP contribution >= 0.6 is 15.9 Å². The summed E-state index contributed by atoms with van der Waals surface area (Å²) in [6, 6.07) is 16.7. The van der Waals surface area contributed by atoms with Crippen molar-refractivity contribution in [1.82, 2.24) is 9.97 Å². The molecule has 4 rings (SSSR count). The Morgan fingerprint density at radius 3 is 2.60 bits per heavy atom. The highest BCUT2D eigenvalue weighted by Gasteiger charge is 2.10. The molecule has 0 aliphatic carbocycles. The fourth-order valence-corrected chi connectivity index (χ4v) is 2.80. The second-order valence-electron chi connectivity index (χ2n) is 5.41. The molecule has 2 aromatic carbocycles. The Hall–Kier alpha value is -2.99. The number of benzene rings is 2. The molecule has 0 bridgehead atoms. The number of rotatable bonds is 3. The molecule has 0 aliphatic heterocycles. The predicted octanol–water partition coefficient (Wildman–Crippen LogP) is 4.90. The SMILES string of the molecule is O=C(Nc1ccc(-c2nc3ccccc3o2)cc1)c1cncc(Br)c1. The summed E-state index contributed by atoms with van der Waals surface area (Å²) in [6.45, 7) is 0. The fourth-order valence-electron chi connectivity index (χ4n) is 2.43. The van der Waals surface area contributed by atoms with E-state index < -0.39 is 0 Å². The molecule has 0 fully saturated rings. The van der Waals surface area contributed by atoms with Crippen molar-refractivity contribution in [2.45, 2.75) is 0 Å². The molecular weight excluding hydrogens is 382 g/mol. The van der Waals surface area contributed by atoms with Gasteiger partial charge in [-0.25, -0.2) is 4.98 Å². The second-order valence-corrected chi connectivity index (χ2v) is 6.33. The third-order valence-corrected chi connectivity index (χ3v) is 4.08. The normalized spacial score (nSPS) is 10.8. The number of nitrogens with zero attached hydrogens (tertiary/aromatic N) is 2. The number of para-hydroxylation sites is 2. The van der Waals surface area contributed by atoms with Crippen LogP contribution in [0.15, 0.2) is 75.9 Å². The number of hydrogen-bond donors (Lipinski definition) is 1. The lowest BCUT2D eigenvalue weighted by atomic mass is 10.2. The minimum Gasteiger partial charge on any atom is -0.436 e. The van der Waals surface area contributed by atoms with Gasteiger partial charge in [-0.15, -0.1) is 0 Å². The van der Waals surface area contributed by atoms with Crippen molar-refractivity contribution in [3.63, 3.8) is 0 Å². The summed E-state index contributed by atoms with van der Waals surface area (Å²) in [4.78, 5) is 20.7. The molecule has 2 aromatic heterocycles. The molecule has 4 aromatic rings. The Labute approximate surface area is 151 Å². The van der Waals surface area contributed by atoms with Gasteiger partial charge in [0.25, 0.3) is 5.91 Å². The van der Waals surface area contributed by atoms with Gasteiger partial charge in [0.2, 0.25) is 5.89 Å². The lowest BCUT2D eigenvalue weighted by molar-refractivity contribution is 0.102. The first-order valence-corrected chi connectivity index (χ1v) is 8.36. The summed E-state index contributed by atoms with van der Waals surface area (Å²) < 4.78 is 6.50. The average Bonchev–Trinajstić information content (AvgIpc) is 3.06. The Balaban J connectivity index is 1.54. The molecule has 0 saturated heterocycles. The number of oxazole rings is 1. The number of aromatic nitrogens is 2. The molecule has 0 spiro atoms. The van der Waals surface area contributed by atoms with Crippen LogP contribution in [0.25, 0.3) is 22.6 Å². The van der Waals surface area contributed by atoms with E-state index in [4.69, 9.17) is 4.42 Å². The number of carbonyl (C=O) groups is 1. The molecule has 0 aliphatic rings. The minimum atomic E-state index is -0.219. The first-order valence-electron chi connectivity index (χ1n) is 7.57. The number of anilines is 1. The molecule has 6 heteroatoms. The monoisotopic (exact) mass is 393 g/mol. The lowest BCUT2D eigenvalue weighted by Crippen LogP contribution is -2.12. The molecule has 0 radical (unpaired) electrons. The number of hydrogen-bond acceptors (Lipinski definition) is 4. The fraction of sp³-hybridized carbons (Fsp3) is 0. The van der Waals surface area contributed by atoms with Gasteiger partial charge < -0.3 is 9.73 Å². The Morgan fingerprint density at radius 2 is 1.84 bits per heavy atom. The van der Waals surface area contributed by atoms with Gasteiger partial charge >= 0.3 is 0 Å². The van der Waals surface area contributed by atoms with Gasteiger partial charge in [0.05, 0.1) is 5.56 Å². The first kappa shape index (κ1) is 15.5.